The molecule has 3 aromatic rings. The molecule has 0 aliphatic heterocycles. The Morgan fingerprint density at radius 2 is 2.15 bits per heavy atom. The van der Waals surface area contributed by atoms with E-state index in [1.54, 1.807) is 31.4 Å². The van der Waals surface area contributed by atoms with Gasteiger partial charge in [0.05, 0.1) is 12.6 Å². The average Bonchev–Trinajstić information content (AvgIpc) is 2.65. The fourth-order valence-electron chi connectivity index (χ4n) is 2.25. The Morgan fingerprint density at radius 3 is 2.92 bits per heavy atom. The number of fused-ring (bicyclic) bond motifs is 1. The maximum atomic E-state index is 11.9. The van der Waals surface area contributed by atoms with Gasteiger partial charge in [-0.2, -0.15) is 4.73 Å². The van der Waals surface area contributed by atoms with Gasteiger partial charge in [-0.3, -0.25) is 4.79 Å². The Morgan fingerprint density at radius 1 is 1.31 bits per heavy atom. The number of rotatable bonds is 6. The van der Waals surface area contributed by atoms with Crippen LogP contribution in [-0.4, -0.2) is 23.8 Å². The molecule has 0 unspecified atom stereocenters. The van der Waals surface area contributed by atoms with Gasteiger partial charge in [0.1, 0.15) is 23.3 Å². The molecule has 8 heteroatoms. The summed E-state index contributed by atoms with van der Waals surface area (Å²) in [7, 11) is 1.58. The Balaban J connectivity index is 1.62. The first kappa shape index (κ1) is 18.3. The van der Waals surface area contributed by atoms with Crippen LogP contribution in [0.2, 0.25) is 5.15 Å². The van der Waals surface area contributed by atoms with Crippen LogP contribution in [-0.2, 0) is 16.1 Å². The highest BCUT2D eigenvalue weighted by molar-refractivity contribution is 7.99. The quantitative estimate of drug-likeness (QED) is 0.211. The third-order valence-electron chi connectivity index (χ3n) is 3.57. The Bertz CT molecular complexity index is 952. The summed E-state index contributed by atoms with van der Waals surface area (Å²) in [4.78, 5) is 16.2. The van der Waals surface area contributed by atoms with E-state index < -0.39 is 5.97 Å². The maximum absolute atomic E-state index is 11.9. The van der Waals surface area contributed by atoms with E-state index in [1.165, 1.54) is 6.20 Å². The van der Waals surface area contributed by atoms with Crippen LogP contribution in [0.5, 0.6) is 5.75 Å². The number of nitrogens with zero attached hydrogens (tertiary/aromatic N) is 2. The summed E-state index contributed by atoms with van der Waals surface area (Å²) in [6.07, 6.45) is 1.38. The summed E-state index contributed by atoms with van der Waals surface area (Å²) >= 11 is 7.30. The van der Waals surface area contributed by atoms with Crippen molar-refractivity contribution in [3.05, 3.63) is 64.6 Å². The van der Waals surface area contributed by atoms with Gasteiger partial charge < -0.3 is 14.7 Å². The van der Waals surface area contributed by atoms with Crippen molar-refractivity contribution in [3.8, 4) is 5.75 Å². The van der Waals surface area contributed by atoms with Crippen LogP contribution in [0.3, 0.4) is 0 Å². The van der Waals surface area contributed by atoms with Gasteiger partial charge in [-0.25, -0.2) is 4.98 Å². The van der Waals surface area contributed by atoms with Gasteiger partial charge in [-0.05, 0) is 36.0 Å². The molecule has 0 amide bonds. The summed E-state index contributed by atoms with van der Waals surface area (Å²) in [6, 6.07) is 12.3. The minimum Gasteiger partial charge on any atom is -0.618 e. The van der Waals surface area contributed by atoms with Gasteiger partial charge in [0.15, 0.2) is 6.20 Å². The second kappa shape index (κ2) is 8.25. The van der Waals surface area contributed by atoms with E-state index in [2.05, 4.69) is 4.98 Å². The number of aromatic nitrogens is 2. The van der Waals surface area contributed by atoms with Crippen LogP contribution < -0.4 is 9.47 Å². The lowest BCUT2D eigenvalue weighted by atomic mass is 10.1. The highest BCUT2D eigenvalue weighted by Gasteiger charge is 2.12. The van der Waals surface area contributed by atoms with Crippen molar-refractivity contribution in [2.45, 2.75) is 11.6 Å². The summed E-state index contributed by atoms with van der Waals surface area (Å²) in [6.45, 7) is 0.0133. The number of carbonyl (C=O) groups is 1. The first-order valence-corrected chi connectivity index (χ1v) is 9.03. The van der Waals surface area contributed by atoms with E-state index in [0.717, 1.165) is 17.1 Å². The molecule has 134 valence electrons. The van der Waals surface area contributed by atoms with Gasteiger partial charge in [0.2, 0.25) is 0 Å². The van der Waals surface area contributed by atoms with E-state index in [9.17, 15) is 10.0 Å². The number of hydrogen-bond donors (Lipinski definition) is 0. The highest BCUT2D eigenvalue weighted by Crippen LogP contribution is 2.25. The van der Waals surface area contributed by atoms with Crippen molar-refractivity contribution in [2.24, 2.45) is 0 Å². The molecule has 0 aliphatic carbocycles. The molecular formula is C18H15ClN2O4S. The van der Waals surface area contributed by atoms with Gasteiger partial charge in [0.25, 0.3) is 5.03 Å². The number of hydrogen-bond acceptors (Lipinski definition) is 6. The first-order valence-electron chi connectivity index (χ1n) is 7.66. The fraction of sp³-hybridized carbons (Fsp3) is 0.167. The van der Waals surface area contributed by atoms with Crippen LogP contribution in [0.4, 0.5) is 0 Å². The topological polar surface area (TPSA) is 75.4 Å². The summed E-state index contributed by atoms with van der Waals surface area (Å²) in [5, 5.41) is 13.1. The molecule has 1 aromatic carbocycles. The maximum Gasteiger partial charge on any atom is 0.316 e. The van der Waals surface area contributed by atoms with Crippen molar-refractivity contribution in [2.75, 3.05) is 12.9 Å². The number of methoxy groups -OCH3 is 1. The molecule has 0 fully saturated rings. The molecule has 2 heterocycles. The minimum absolute atomic E-state index is 0.0133. The number of esters is 1. The first-order chi connectivity index (χ1) is 12.6. The van der Waals surface area contributed by atoms with E-state index in [-0.39, 0.29) is 17.5 Å². The SMILES string of the molecule is COc1ccc2cc(COC(=O)CSc3cccc[n+]3[O-])c(Cl)nc2c1. The molecule has 0 atom stereocenters. The summed E-state index contributed by atoms with van der Waals surface area (Å²) in [5.74, 6) is 0.278. The normalized spacial score (nSPS) is 10.7. The zero-order valence-electron chi connectivity index (χ0n) is 13.8. The minimum atomic E-state index is -0.440. The number of ether oxygens (including phenoxy) is 2. The van der Waals surface area contributed by atoms with Gasteiger partial charge >= 0.3 is 5.97 Å². The van der Waals surface area contributed by atoms with E-state index in [4.69, 9.17) is 21.1 Å². The van der Waals surface area contributed by atoms with E-state index in [0.29, 0.717) is 26.6 Å². The Labute approximate surface area is 159 Å². The summed E-state index contributed by atoms with van der Waals surface area (Å²) in [5.41, 5.74) is 1.31. The molecule has 3 rings (SSSR count). The lowest BCUT2D eigenvalue weighted by Gasteiger charge is -2.08. The molecule has 2 aromatic heterocycles. The van der Waals surface area contributed by atoms with Crippen LogP contribution in [0.15, 0.2) is 53.7 Å². The van der Waals surface area contributed by atoms with E-state index in [1.807, 2.05) is 18.2 Å². The fourth-order valence-corrected chi connectivity index (χ4v) is 3.16. The Hall–Kier alpha value is -2.51. The van der Waals surface area contributed by atoms with Crippen molar-refractivity contribution >= 4 is 40.2 Å². The van der Waals surface area contributed by atoms with Gasteiger partial charge in [-0.15, -0.1) is 0 Å². The standard InChI is InChI=1S/C18H15ClN2O4S/c1-24-14-6-5-12-8-13(18(19)20-15(12)9-14)10-25-17(22)11-26-16-4-2-3-7-21(16)23/h2-9H,10-11H2,1H3. The molecule has 0 N–H and O–H groups in total. The van der Waals surface area contributed by atoms with Crippen LogP contribution in [0.1, 0.15) is 5.56 Å². The zero-order valence-corrected chi connectivity index (χ0v) is 15.4. The number of benzene rings is 1. The second-order valence-corrected chi connectivity index (χ2v) is 6.66. The third-order valence-corrected chi connectivity index (χ3v) is 4.89. The third kappa shape index (κ3) is 4.36. The van der Waals surface area contributed by atoms with Crippen LogP contribution in [0, 0.1) is 5.21 Å². The molecule has 0 radical (unpaired) electrons. The number of carbonyl (C=O) groups excluding carboxylic acids is 1. The summed E-state index contributed by atoms with van der Waals surface area (Å²) < 4.78 is 11.1. The molecular weight excluding hydrogens is 376 g/mol. The molecule has 6 nitrogen and oxygen atoms in total. The van der Waals surface area contributed by atoms with Crippen LogP contribution in [0.25, 0.3) is 10.9 Å². The Kier molecular flexibility index (Phi) is 5.80. The van der Waals surface area contributed by atoms with Crippen molar-refractivity contribution in [3.63, 3.8) is 0 Å². The number of halogens is 1. The largest absolute Gasteiger partial charge is 0.618 e. The number of pyridine rings is 2. The zero-order chi connectivity index (χ0) is 18.5. The molecule has 26 heavy (non-hydrogen) atoms. The highest BCUT2D eigenvalue weighted by atomic mass is 35.5. The van der Waals surface area contributed by atoms with Gasteiger partial charge in [-0.1, -0.05) is 11.6 Å². The average molecular weight is 391 g/mol. The predicted molar refractivity (Wildman–Crippen MR) is 99.2 cm³/mol. The van der Waals surface area contributed by atoms with Crippen LogP contribution >= 0.6 is 23.4 Å². The molecule has 0 saturated heterocycles. The molecule has 0 saturated carbocycles. The lowest BCUT2D eigenvalue weighted by molar-refractivity contribution is -0.645. The predicted octanol–water partition coefficient (Wildman–Crippen LogP) is 3.37. The second-order valence-electron chi connectivity index (χ2n) is 5.31. The molecule has 0 aliphatic rings. The smallest absolute Gasteiger partial charge is 0.316 e. The molecule has 0 bridgehead atoms. The van der Waals surface area contributed by atoms with Crippen molar-refractivity contribution in [1.29, 1.82) is 0 Å². The van der Waals surface area contributed by atoms with Gasteiger partial charge in [0, 0.05) is 29.1 Å². The lowest BCUT2D eigenvalue weighted by Crippen LogP contribution is -2.28. The van der Waals surface area contributed by atoms with Crippen molar-refractivity contribution < 1.29 is 19.0 Å². The van der Waals surface area contributed by atoms with E-state index >= 15 is 0 Å². The monoisotopic (exact) mass is 390 g/mol. The molecule has 0 spiro atoms. The number of thioether (sulfide) groups is 1. The van der Waals surface area contributed by atoms with Crippen molar-refractivity contribution in [1.82, 2.24) is 4.98 Å².